The van der Waals surface area contributed by atoms with E-state index in [2.05, 4.69) is 32.1 Å². The van der Waals surface area contributed by atoms with Gasteiger partial charge in [-0.05, 0) is 24.5 Å². The third kappa shape index (κ3) is 2.08. The molecule has 1 aliphatic rings. The first-order chi connectivity index (χ1) is 8.73. The Kier molecular flexibility index (Phi) is 2.95. The van der Waals surface area contributed by atoms with Crippen LogP contribution in [0.4, 0.5) is 0 Å². The predicted octanol–water partition coefficient (Wildman–Crippen LogP) is 2.41. The molecule has 0 unspecified atom stereocenters. The van der Waals surface area contributed by atoms with E-state index in [0.29, 0.717) is 18.9 Å². The van der Waals surface area contributed by atoms with Crippen molar-refractivity contribution in [3.05, 3.63) is 46.0 Å². The molecule has 1 aromatic carbocycles. The molecule has 0 saturated heterocycles. The van der Waals surface area contributed by atoms with Crippen LogP contribution in [0.15, 0.2) is 33.3 Å². The molecule has 1 aliphatic carbocycles. The lowest BCUT2D eigenvalue weighted by Gasteiger charge is -2.03. The SMILES string of the molecule is NCC1(c2nc(Cc3ccccc3Br)no2)CC1. The lowest BCUT2D eigenvalue weighted by molar-refractivity contribution is 0.344. The number of halogens is 1. The van der Waals surface area contributed by atoms with Gasteiger partial charge in [-0.25, -0.2) is 0 Å². The normalized spacial score (nSPS) is 16.8. The maximum absolute atomic E-state index is 5.75. The summed E-state index contributed by atoms with van der Waals surface area (Å²) < 4.78 is 6.40. The molecule has 0 aliphatic heterocycles. The maximum Gasteiger partial charge on any atom is 0.234 e. The summed E-state index contributed by atoms with van der Waals surface area (Å²) in [5.41, 5.74) is 6.88. The van der Waals surface area contributed by atoms with Crippen molar-refractivity contribution in [3.8, 4) is 0 Å². The van der Waals surface area contributed by atoms with Crippen molar-refractivity contribution < 1.29 is 4.52 Å². The molecule has 5 heteroatoms. The van der Waals surface area contributed by atoms with Gasteiger partial charge >= 0.3 is 0 Å². The summed E-state index contributed by atoms with van der Waals surface area (Å²) in [6, 6.07) is 8.06. The Bertz CT molecular complexity index is 563. The second-order valence-corrected chi connectivity index (χ2v) is 5.62. The number of hydrogen-bond donors (Lipinski definition) is 1. The molecule has 0 bridgehead atoms. The summed E-state index contributed by atoms with van der Waals surface area (Å²) in [7, 11) is 0. The molecular weight excluding hydrogens is 294 g/mol. The molecular formula is C13H14BrN3O. The molecule has 0 atom stereocenters. The van der Waals surface area contributed by atoms with Gasteiger partial charge in [-0.2, -0.15) is 4.98 Å². The zero-order chi connectivity index (χ0) is 12.6. The van der Waals surface area contributed by atoms with Crippen molar-refractivity contribution in [1.82, 2.24) is 10.1 Å². The molecule has 2 aromatic rings. The summed E-state index contributed by atoms with van der Waals surface area (Å²) in [4.78, 5) is 4.47. The van der Waals surface area contributed by atoms with Crippen LogP contribution in [0.25, 0.3) is 0 Å². The molecule has 1 heterocycles. The Morgan fingerprint density at radius 1 is 1.33 bits per heavy atom. The molecule has 18 heavy (non-hydrogen) atoms. The Labute approximate surface area is 114 Å². The number of aromatic nitrogens is 2. The van der Waals surface area contributed by atoms with E-state index in [1.54, 1.807) is 0 Å². The number of hydrogen-bond acceptors (Lipinski definition) is 4. The smallest absolute Gasteiger partial charge is 0.234 e. The van der Waals surface area contributed by atoms with Gasteiger partial charge < -0.3 is 10.3 Å². The van der Waals surface area contributed by atoms with E-state index in [1.165, 1.54) is 0 Å². The summed E-state index contributed by atoms with van der Waals surface area (Å²) in [5, 5.41) is 4.04. The van der Waals surface area contributed by atoms with E-state index >= 15 is 0 Å². The monoisotopic (exact) mass is 307 g/mol. The molecule has 4 nitrogen and oxygen atoms in total. The molecule has 0 radical (unpaired) electrons. The summed E-state index contributed by atoms with van der Waals surface area (Å²) in [6.45, 7) is 0.587. The molecule has 1 aromatic heterocycles. The van der Waals surface area contributed by atoms with Gasteiger partial charge in [-0.15, -0.1) is 0 Å². The Morgan fingerprint density at radius 2 is 2.11 bits per heavy atom. The van der Waals surface area contributed by atoms with Crippen LogP contribution >= 0.6 is 15.9 Å². The van der Waals surface area contributed by atoms with Gasteiger partial charge in [-0.3, -0.25) is 0 Å². The number of rotatable bonds is 4. The molecule has 1 saturated carbocycles. The van der Waals surface area contributed by atoms with Crippen LogP contribution in [-0.4, -0.2) is 16.7 Å². The average Bonchev–Trinajstić information content (AvgIpc) is 3.05. The first-order valence-electron chi connectivity index (χ1n) is 6.00. The van der Waals surface area contributed by atoms with Crippen LogP contribution in [0, 0.1) is 0 Å². The third-order valence-electron chi connectivity index (χ3n) is 3.47. The van der Waals surface area contributed by atoms with Gasteiger partial charge in [-0.1, -0.05) is 39.3 Å². The Balaban J connectivity index is 1.81. The highest BCUT2D eigenvalue weighted by atomic mass is 79.9. The number of benzene rings is 1. The molecule has 0 amide bonds. The van der Waals surface area contributed by atoms with Crippen molar-refractivity contribution in [2.45, 2.75) is 24.7 Å². The second-order valence-electron chi connectivity index (χ2n) is 4.77. The number of nitrogens with zero attached hydrogens (tertiary/aromatic N) is 2. The highest BCUT2D eigenvalue weighted by molar-refractivity contribution is 9.10. The van der Waals surface area contributed by atoms with E-state index < -0.39 is 0 Å². The predicted molar refractivity (Wildman–Crippen MR) is 71.2 cm³/mol. The van der Waals surface area contributed by atoms with Crippen molar-refractivity contribution in [3.63, 3.8) is 0 Å². The van der Waals surface area contributed by atoms with Crippen molar-refractivity contribution >= 4 is 15.9 Å². The summed E-state index contributed by atoms with van der Waals surface area (Å²) in [5.74, 6) is 1.42. The molecule has 0 spiro atoms. The summed E-state index contributed by atoms with van der Waals surface area (Å²) >= 11 is 3.52. The highest BCUT2D eigenvalue weighted by Crippen LogP contribution is 2.46. The first-order valence-corrected chi connectivity index (χ1v) is 6.79. The minimum atomic E-state index is -0.0286. The Morgan fingerprint density at radius 3 is 2.78 bits per heavy atom. The fourth-order valence-electron chi connectivity index (χ4n) is 2.01. The van der Waals surface area contributed by atoms with Crippen molar-refractivity contribution in [1.29, 1.82) is 0 Å². The topological polar surface area (TPSA) is 64.9 Å². The Hall–Kier alpha value is -1.20. The molecule has 94 valence electrons. The van der Waals surface area contributed by atoms with E-state index in [-0.39, 0.29) is 5.41 Å². The maximum atomic E-state index is 5.75. The highest BCUT2D eigenvalue weighted by Gasteiger charge is 2.48. The molecule has 1 fully saturated rings. The van der Waals surface area contributed by atoms with Crippen LogP contribution in [0.2, 0.25) is 0 Å². The second kappa shape index (κ2) is 4.48. The number of nitrogens with two attached hydrogens (primary N) is 1. The van der Waals surface area contributed by atoms with Crippen LogP contribution < -0.4 is 5.73 Å². The zero-order valence-corrected chi connectivity index (χ0v) is 11.5. The van der Waals surface area contributed by atoms with Crippen LogP contribution in [-0.2, 0) is 11.8 Å². The van der Waals surface area contributed by atoms with E-state index in [9.17, 15) is 0 Å². The first kappa shape index (κ1) is 11.9. The van der Waals surface area contributed by atoms with Gasteiger partial charge in [0.25, 0.3) is 0 Å². The molecule has 2 N–H and O–H groups in total. The zero-order valence-electron chi connectivity index (χ0n) is 9.90. The minimum absolute atomic E-state index is 0.0286. The van der Waals surface area contributed by atoms with Crippen LogP contribution in [0.1, 0.15) is 30.1 Å². The van der Waals surface area contributed by atoms with Gasteiger partial charge in [0.05, 0.1) is 5.41 Å². The van der Waals surface area contributed by atoms with Gasteiger partial charge in [0, 0.05) is 17.4 Å². The standard InChI is InChI=1S/C13H14BrN3O/c14-10-4-2-1-3-9(10)7-11-16-12(18-17-11)13(8-15)5-6-13/h1-4H,5-8,15H2. The fourth-order valence-corrected chi connectivity index (χ4v) is 2.43. The largest absolute Gasteiger partial charge is 0.339 e. The average molecular weight is 308 g/mol. The fraction of sp³-hybridized carbons (Fsp3) is 0.385. The van der Waals surface area contributed by atoms with Crippen LogP contribution in [0.5, 0.6) is 0 Å². The van der Waals surface area contributed by atoms with E-state index in [4.69, 9.17) is 10.3 Å². The summed E-state index contributed by atoms with van der Waals surface area (Å²) in [6.07, 6.45) is 2.78. The van der Waals surface area contributed by atoms with E-state index in [1.807, 2.05) is 18.2 Å². The quantitative estimate of drug-likeness (QED) is 0.942. The van der Waals surface area contributed by atoms with Crippen molar-refractivity contribution in [2.24, 2.45) is 5.73 Å². The lowest BCUT2D eigenvalue weighted by atomic mass is 10.1. The van der Waals surface area contributed by atoms with Gasteiger partial charge in [0.2, 0.25) is 5.89 Å². The van der Waals surface area contributed by atoms with Crippen LogP contribution in [0.3, 0.4) is 0 Å². The lowest BCUT2D eigenvalue weighted by Crippen LogP contribution is -2.20. The third-order valence-corrected chi connectivity index (χ3v) is 4.25. The van der Waals surface area contributed by atoms with Gasteiger partial charge in [0.1, 0.15) is 0 Å². The minimum Gasteiger partial charge on any atom is -0.339 e. The van der Waals surface area contributed by atoms with Gasteiger partial charge in [0.15, 0.2) is 5.82 Å². The molecule has 3 rings (SSSR count). The van der Waals surface area contributed by atoms with Crippen molar-refractivity contribution in [2.75, 3.05) is 6.54 Å². The van der Waals surface area contributed by atoms with E-state index in [0.717, 1.165) is 28.7 Å².